The highest BCUT2D eigenvalue weighted by Crippen LogP contribution is 2.22. The Hall–Kier alpha value is -0.720. The van der Waals surface area contributed by atoms with Crippen molar-refractivity contribution in [3.8, 4) is 0 Å². The Balaban J connectivity index is 2.72. The molecule has 0 aromatic carbocycles. The minimum Gasteiger partial charge on any atom is -0.273 e. The summed E-state index contributed by atoms with van der Waals surface area (Å²) in [4.78, 5) is 23.4. The predicted octanol–water partition coefficient (Wildman–Crippen LogP) is 2.15. The molecule has 2 N–H and O–H groups in total. The number of imide groups is 1. The molecule has 0 saturated heterocycles. The van der Waals surface area contributed by atoms with Gasteiger partial charge in [-0.2, -0.15) is 0 Å². The molecule has 4 nitrogen and oxygen atoms in total. The van der Waals surface area contributed by atoms with Gasteiger partial charge in [0.1, 0.15) is 0 Å². The number of rotatable bonds is 3. The number of hydrogen-bond donors (Lipinski definition) is 1. The lowest BCUT2D eigenvalue weighted by atomic mass is 10.3. The van der Waals surface area contributed by atoms with Crippen molar-refractivity contribution in [1.82, 2.24) is 5.01 Å². The van der Waals surface area contributed by atoms with Crippen LogP contribution in [0.5, 0.6) is 0 Å². The number of nitrogens with zero attached hydrogens (tertiary/aromatic N) is 1. The number of amides is 2. The normalized spacial score (nSPS) is 10.1. The number of thiophene rings is 1. The summed E-state index contributed by atoms with van der Waals surface area (Å²) in [6.45, 7) is 1.86. The van der Waals surface area contributed by atoms with Gasteiger partial charge in [-0.25, -0.2) is 10.9 Å². The van der Waals surface area contributed by atoms with Crippen LogP contribution in [0.2, 0.25) is 0 Å². The topological polar surface area (TPSA) is 63.4 Å². The zero-order valence-electron chi connectivity index (χ0n) is 8.20. The van der Waals surface area contributed by atoms with E-state index in [0.717, 1.165) is 3.79 Å². The van der Waals surface area contributed by atoms with Crippen LogP contribution in [-0.4, -0.2) is 16.8 Å². The molecule has 0 spiro atoms. The van der Waals surface area contributed by atoms with Gasteiger partial charge in [0.25, 0.3) is 5.91 Å². The molecule has 0 bridgehead atoms. The molecule has 1 rings (SSSR count). The Labute approximate surface area is 100 Å². The minimum atomic E-state index is -0.454. The average molecular weight is 291 g/mol. The number of nitrogens with two attached hydrogens (primary N) is 1. The molecule has 1 aromatic rings. The lowest BCUT2D eigenvalue weighted by Gasteiger charge is -2.12. The molecule has 0 aliphatic rings. The first kappa shape index (κ1) is 12.4. The SMILES string of the molecule is CCCC(=O)N(N)C(=O)c1ccc(Br)s1. The van der Waals surface area contributed by atoms with Gasteiger partial charge in [-0.1, -0.05) is 6.92 Å². The van der Waals surface area contributed by atoms with Crippen molar-refractivity contribution in [2.45, 2.75) is 19.8 Å². The quantitative estimate of drug-likeness (QED) is 0.527. The highest BCUT2D eigenvalue weighted by Gasteiger charge is 2.19. The van der Waals surface area contributed by atoms with E-state index in [1.165, 1.54) is 11.3 Å². The largest absolute Gasteiger partial charge is 0.284 e. The fourth-order valence-corrected chi connectivity index (χ4v) is 2.32. The summed E-state index contributed by atoms with van der Waals surface area (Å²) in [5.41, 5.74) is 0. The summed E-state index contributed by atoms with van der Waals surface area (Å²) < 4.78 is 0.835. The van der Waals surface area contributed by atoms with Crippen molar-refractivity contribution >= 4 is 39.1 Å². The van der Waals surface area contributed by atoms with E-state index in [4.69, 9.17) is 5.84 Å². The van der Waals surface area contributed by atoms with Gasteiger partial charge in [-0.3, -0.25) is 9.59 Å². The van der Waals surface area contributed by atoms with E-state index in [1.807, 2.05) is 6.92 Å². The monoisotopic (exact) mass is 290 g/mol. The Kier molecular flexibility index (Phi) is 4.44. The van der Waals surface area contributed by atoms with Crippen LogP contribution < -0.4 is 5.84 Å². The Bertz CT molecular complexity index is 378. The third kappa shape index (κ3) is 3.12. The molecule has 1 heterocycles. The van der Waals surface area contributed by atoms with E-state index in [-0.39, 0.29) is 12.3 Å². The molecular formula is C9H11BrN2O2S. The van der Waals surface area contributed by atoms with Crippen LogP contribution in [0.3, 0.4) is 0 Å². The first-order valence-electron chi connectivity index (χ1n) is 4.43. The number of hydrogen-bond acceptors (Lipinski definition) is 4. The van der Waals surface area contributed by atoms with E-state index in [9.17, 15) is 9.59 Å². The molecule has 82 valence electrons. The van der Waals surface area contributed by atoms with Crippen LogP contribution in [0.25, 0.3) is 0 Å². The third-order valence-corrected chi connectivity index (χ3v) is 3.35. The van der Waals surface area contributed by atoms with Gasteiger partial charge in [0.15, 0.2) is 0 Å². The fraction of sp³-hybridized carbons (Fsp3) is 0.333. The third-order valence-electron chi connectivity index (χ3n) is 1.74. The summed E-state index contributed by atoms with van der Waals surface area (Å²) >= 11 is 4.49. The molecule has 0 aliphatic carbocycles. The van der Waals surface area contributed by atoms with Gasteiger partial charge in [0.05, 0.1) is 8.66 Å². The van der Waals surface area contributed by atoms with E-state index >= 15 is 0 Å². The van der Waals surface area contributed by atoms with Crippen LogP contribution in [-0.2, 0) is 4.79 Å². The molecule has 15 heavy (non-hydrogen) atoms. The van der Waals surface area contributed by atoms with Crippen molar-refractivity contribution in [1.29, 1.82) is 0 Å². The molecule has 0 radical (unpaired) electrons. The molecular weight excluding hydrogens is 280 g/mol. The van der Waals surface area contributed by atoms with Gasteiger partial charge >= 0.3 is 0 Å². The highest BCUT2D eigenvalue weighted by molar-refractivity contribution is 9.11. The van der Waals surface area contributed by atoms with Crippen LogP contribution in [0.15, 0.2) is 15.9 Å². The standard InChI is InChI=1S/C9H11BrN2O2S/c1-2-3-8(13)12(11)9(14)6-4-5-7(10)15-6/h4-5H,2-3,11H2,1H3. The Morgan fingerprint density at radius 1 is 1.53 bits per heavy atom. The van der Waals surface area contributed by atoms with Crippen molar-refractivity contribution in [2.75, 3.05) is 0 Å². The second kappa shape index (κ2) is 5.39. The maximum Gasteiger partial charge on any atom is 0.284 e. The molecule has 1 aromatic heterocycles. The molecule has 0 unspecified atom stereocenters. The first-order chi connectivity index (χ1) is 7.06. The molecule has 0 aliphatic heterocycles. The summed E-state index contributed by atoms with van der Waals surface area (Å²) in [5.74, 6) is 4.60. The number of carbonyl (C=O) groups is 2. The van der Waals surface area contributed by atoms with E-state index in [0.29, 0.717) is 16.3 Å². The maximum atomic E-state index is 11.6. The number of carbonyl (C=O) groups excluding carboxylic acids is 2. The van der Waals surface area contributed by atoms with Gasteiger partial charge < -0.3 is 0 Å². The summed E-state index contributed by atoms with van der Waals surface area (Å²) in [6.07, 6.45) is 0.961. The van der Waals surface area contributed by atoms with Gasteiger partial charge in [0, 0.05) is 6.42 Å². The van der Waals surface area contributed by atoms with Crippen LogP contribution in [0.1, 0.15) is 29.4 Å². The van der Waals surface area contributed by atoms with Crippen LogP contribution in [0.4, 0.5) is 0 Å². The number of halogens is 1. The van der Waals surface area contributed by atoms with Crippen molar-refractivity contribution in [2.24, 2.45) is 5.84 Å². The molecule has 0 atom stereocenters. The van der Waals surface area contributed by atoms with Crippen LogP contribution in [0, 0.1) is 0 Å². The zero-order chi connectivity index (χ0) is 11.4. The predicted molar refractivity (Wildman–Crippen MR) is 62.3 cm³/mol. The van der Waals surface area contributed by atoms with Crippen molar-refractivity contribution in [3.05, 3.63) is 20.8 Å². The van der Waals surface area contributed by atoms with E-state index in [2.05, 4.69) is 15.9 Å². The molecule has 6 heteroatoms. The first-order valence-corrected chi connectivity index (χ1v) is 6.04. The van der Waals surface area contributed by atoms with Crippen molar-refractivity contribution in [3.63, 3.8) is 0 Å². The Morgan fingerprint density at radius 3 is 2.67 bits per heavy atom. The lowest BCUT2D eigenvalue weighted by Crippen LogP contribution is -2.42. The lowest BCUT2D eigenvalue weighted by molar-refractivity contribution is -0.128. The molecule has 2 amide bonds. The van der Waals surface area contributed by atoms with Gasteiger partial charge in [0.2, 0.25) is 5.91 Å². The van der Waals surface area contributed by atoms with E-state index in [1.54, 1.807) is 12.1 Å². The second-order valence-electron chi connectivity index (χ2n) is 2.92. The molecule has 0 saturated carbocycles. The van der Waals surface area contributed by atoms with Crippen molar-refractivity contribution < 1.29 is 9.59 Å². The van der Waals surface area contributed by atoms with Crippen LogP contribution >= 0.6 is 27.3 Å². The Morgan fingerprint density at radius 2 is 2.20 bits per heavy atom. The number of hydrazine groups is 1. The maximum absolute atomic E-state index is 11.6. The summed E-state index contributed by atoms with van der Waals surface area (Å²) in [5, 5.41) is 0.682. The van der Waals surface area contributed by atoms with Gasteiger partial charge in [-0.15, -0.1) is 11.3 Å². The molecule has 0 fully saturated rings. The minimum absolute atomic E-state index is 0.286. The zero-order valence-corrected chi connectivity index (χ0v) is 10.6. The van der Waals surface area contributed by atoms with Gasteiger partial charge in [-0.05, 0) is 34.5 Å². The smallest absolute Gasteiger partial charge is 0.273 e. The van der Waals surface area contributed by atoms with E-state index < -0.39 is 5.91 Å². The average Bonchev–Trinajstić information content (AvgIpc) is 2.63. The highest BCUT2D eigenvalue weighted by atomic mass is 79.9. The second-order valence-corrected chi connectivity index (χ2v) is 5.39. The fourth-order valence-electron chi connectivity index (χ4n) is 0.996. The summed E-state index contributed by atoms with van der Waals surface area (Å²) in [7, 11) is 0. The summed E-state index contributed by atoms with van der Waals surface area (Å²) in [6, 6.07) is 3.38.